The van der Waals surface area contributed by atoms with Crippen molar-refractivity contribution in [3.8, 4) is 0 Å². The molecule has 114 valence electrons. The number of carbonyl (C=O) groups is 1. The Kier molecular flexibility index (Phi) is 3.56. The van der Waals surface area contributed by atoms with Crippen molar-refractivity contribution in [2.45, 2.75) is 58.7 Å². The molecule has 1 amide bonds. The van der Waals surface area contributed by atoms with Crippen molar-refractivity contribution < 1.29 is 4.79 Å². The average molecular weight is 286 g/mol. The molecule has 0 bridgehead atoms. The molecule has 1 saturated carbocycles. The van der Waals surface area contributed by atoms with Crippen LogP contribution in [0.5, 0.6) is 0 Å². The first-order chi connectivity index (χ1) is 9.97. The van der Waals surface area contributed by atoms with E-state index in [2.05, 4.69) is 56.1 Å². The van der Waals surface area contributed by atoms with Crippen molar-refractivity contribution in [3.05, 3.63) is 34.9 Å². The highest BCUT2D eigenvalue weighted by Crippen LogP contribution is 2.46. The van der Waals surface area contributed by atoms with Crippen LogP contribution in [0.4, 0.5) is 0 Å². The highest BCUT2D eigenvalue weighted by atomic mass is 16.2. The Bertz CT molecular complexity index is 562. The number of aryl methyl sites for hydroxylation is 2. The lowest BCUT2D eigenvalue weighted by Crippen LogP contribution is -2.35. The molecule has 3 nitrogen and oxygen atoms in total. The molecular weight excluding hydrogens is 260 g/mol. The number of hydrogen-bond donors (Lipinski definition) is 1. The SMILES string of the molecule is CCC(C)CN1C(=O)C2(CC2)NC1c1ccc(C)cc1C. The van der Waals surface area contributed by atoms with E-state index in [4.69, 9.17) is 0 Å². The van der Waals surface area contributed by atoms with Crippen LogP contribution < -0.4 is 5.32 Å². The third kappa shape index (κ3) is 2.48. The van der Waals surface area contributed by atoms with Gasteiger partial charge in [-0.1, -0.05) is 44.0 Å². The fourth-order valence-electron chi connectivity index (χ4n) is 3.31. The Balaban J connectivity index is 1.92. The predicted molar refractivity (Wildman–Crippen MR) is 84.9 cm³/mol. The van der Waals surface area contributed by atoms with Crippen LogP contribution >= 0.6 is 0 Å². The molecule has 3 heteroatoms. The van der Waals surface area contributed by atoms with Gasteiger partial charge in [0.1, 0.15) is 11.7 Å². The smallest absolute Gasteiger partial charge is 0.244 e. The zero-order valence-electron chi connectivity index (χ0n) is 13.6. The molecule has 0 aromatic heterocycles. The highest BCUT2D eigenvalue weighted by Gasteiger charge is 2.59. The number of carbonyl (C=O) groups excluding carboxylic acids is 1. The van der Waals surface area contributed by atoms with Gasteiger partial charge in [0, 0.05) is 6.54 Å². The van der Waals surface area contributed by atoms with E-state index in [1.807, 2.05) is 0 Å². The molecule has 3 rings (SSSR count). The van der Waals surface area contributed by atoms with E-state index in [0.717, 1.165) is 25.8 Å². The van der Waals surface area contributed by atoms with E-state index in [1.165, 1.54) is 16.7 Å². The zero-order chi connectivity index (χ0) is 15.2. The van der Waals surface area contributed by atoms with Gasteiger partial charge in [0.25, 0.3) is 0 Å². The van der Waals surface area contributed by atoms with E-state index < -0.39 is 0 Å². The van der Waals surface area contributed by atoms with Crippen LogP contribution in [0.1, 0.15) is 56.0 Å². The van der Waals surface area contributed by atoms with Crippen molar-refractivity contribution in [1.29, 1.82) is 0 Å². The standard InChI is InChI=1S/C18H26N2O/c1-5-12(2)11-20-16(19-18(8-9-18)17(20)21)15-7-6-13(3)10-14(15)4/h6-7,10,12,16,19H,5,8-9,11H2,1-4H3. The Morgan fingerprint density at radius 3 is 2.67 bits per heavy atom. The van der Waals surface area contributed by atoms with Crippen LogP contribution in [0.2, 0.25) is 0 Å². The minimum atomic E-state index is -0.241. The van der Waals surface area contributed by atoms with Gasteiger partial charge >= 0.3 is 0 Å². The maximum absolute atomic E-state index is 12.8. The fourth-order valence-corrected chi connectivity index (χ4v) is 3.31. The maximum Gasteiger partial charge on any atom is 0.244 e. The Labute approximate surface area is 127 Å². The van der Waals surface area contributed by atoms with Crippen LogP contribution in [0.3, 0.4) is 0 Å². The third-order valence-corrected chi connectivity index (χ3v) is 5.07. The second kappa shape index (κ2) is 5.13. The number of nitrogens with zero attached hydrogens (tertiary/aromatic N) is 1. The van der Waals surface area contributed by atoms with E-state index in [9.17, 15) is 4.79 Å². The van der Waals surface area contributed by atoms with E-state index in [1.54, 1.807) is 0 Å². The molecule has 2 aliphatic rings. The van der Waals surface area contributed by atoms with Crippen LogP contribution in [0.25, 0.3) is 0 Å². The van der Waals surface area contributed by atoms with Crippen molar-refractivity contribution in [1.82, 2.24) is 10.2 Å². The molecule has 0 radical (unpaired) electrons. The average Bonchev–Trinajstić information content (AvgIpc) is 3.18. The van der Waals surface area contributed by atoms with E-state index >= 15 is 0 Å². The summed E-state index contributed by atoms with van der Waals surface area (Å²) < 4.78 is 0. The first kappa shape index (κ1) is 14.6. The van der Waals surface area contributed by atoms with Gasteiger partial charge in [-0.3, -0.25) is 10.1 Å². The monoisotopic (exact) mass is 286 g/mol. The van der Waals surface area contributed by atoms with E-state index in [-0.39, 0.29) is 11.7 Å². The largest absolute Gasteiger partial charge is 0.321 e. The summed E-state index contributed by atoms with van der Waals surface area (Å²) >= 11 is 0. The van der Waals surface area contributed by atoms with Gasteiger partial charge in [-0.15, -0.1) is 0 Å². The summed E-state index contributed by atoms with van der Waals surface area (Å²) in [5, 5.41) is 3.62. The molecule has 21 heavy (non-hydrogen) atoms. The van der Waals surface area contributed by atoms with Crippen molar-refractivity contribution in [3.63, 3.8) is 0 Å². The lowest BCUT2D eigenvalue weighted by molar-refractivity contribution is -0.131. The van der Waals surface area contributed by atoms with Gasteiger partial charge in [-0.05, 0) is 43.7 Å². The van der Waals surface area contributed by atoms with Crippen molar-refractivity contribution in [2.24, 2.45) is 5.92 Å². The number of benzene rings is 1. The van der Waals surface area contributed by atoms with Gasteiger partial charge in [-0.25, -0.2) is 0 Å². The van der Waals surface area contributed by atoms with Crippen LogP contribution in [-0.2, 0) is 4.79 Å². The maximum atomic E-state index is 12.8. The molecule has 2 atom stereocenters. The molecule has 1 aromatic carbocycles. The quantitative estimate of drug-likeness (QED) is 0.921. The van der Waals surface area contributed by atoms with Crippen molar-refractivity contribution >= 4 is 5.91 Å². The minimum absolute atomic E-state index is 0.0506. The molecule has 2 fully saturated rings. The molecule has 1 heterocycles. The summed E-state index contributed by atoms with van der Waals surface area (Å²) in [4.78, 5) is 14.8. The lowest BCUT2D eigenvalue weighted by atomic mass is 10.0. The molecule has 1 aromatic rings. The summed E-state index contributed by atoms with van der Waals surface area (Å²) in [7, 11) is 0. The van der Waals surface area contributed by atoms with Crippen molar-refractivity contribution in [2.75, 3.05) is 6.54 Å². The Hall–Kier alpha value is -1.35. The fraction of sp³-hybridized carbons (Fsp3) is 0.611. The summed E-state index contributed by atoms with van der Waals surface area (Å²) in [6, 6.07) is 6.54. The van der Waals surface area contributed by atoms with Gasteiger partial charge in [0.2, 0.25) is 5.91 Å². The van der Waals surface area contributed by atoms with Gasteiger partial charge in [-0.2, -0.15) is 0 Å². The Morgan fingerprint density at radius 2 is 2.10 bits per heavy atom. The summed E-state index contributed by atoms with van der Waals surface area (Å²) in [5.74, 6) is 0.852. The van der Waals surface area contributed by atoms with Gasteiger partial charge < -0.3 is 4.90 Å². The first-order valence-corrected chi connectivity index (χ1v) is 8.13. The van der Waals surface area contributed by atoms with Crippen LogP contribution in [-0.4, -0.2) is 22.9 Å². The lowest BCUT2D eigenvalue weighted by Gasteiger charge is -2.28. The van der Waals surface area contributed by atoms with Crippen LogP contribution in [0.15, 0.2) is 18.2 Å². The number of rotatable bonds is 4. The molecule has 1 saturated heterocycles. The van der Waals surface area contributed by atoms with Gasteiger partial charge in [0.15, 0.2) is 0 Å². The summed E-state index contributed by atoms with van der Waals surface area (Å²) in [5.41, 5.74) is 3.55. The first-order valence-electron chi connectivity index (χ1n) is 8.13. The topological polar surface area (TPSA) is 32.3 Å². The molecule has 1 aliphatic heterocycles. The zero-order valence-corrected chi connectivity index (χ0v) is 13.6. The molecule has 1 N–H and O–H groups in total. The third-order valence-electron chi connectivity index (χ3n) is 5.07. The minimum Gasteiger partial charge on any atom is -0.321 e. The molecule has 2 unspecified atom stereocenters. The number of nitrogens with one attached hydrogen (secondary N) is 1. The molecule has 1 spiro atoms. The van der Waals surface area contributed by atoms with Crippen LogP contribution in [0, 0.1) is 19.8 Å². The normalized spacial score (nSPS) is 24.7. The number of hydrogen-bond acceptors (Lipinski definition) is 2. The predicted octanol–water partition coefficient (Wildman–Crippen LogP) is 3.31. The number of amides is 1. The van der Waals surface area contributed by atoms with Gasteiger partial charge in [0.05, 0.1) is 0 Å². The van der Waals surface area contributed by atoms with E-state index in [0.29, 0.717) is 11.8 Å². The highest BCUT2D eigenvalue weighted by molar-refractivity contribution is 5.92. The second-order valence-corrected chi connectivity index (χ2v) is 6.96. The summed E-state index contributed by atoms with van der Waals surface area (Å²) in [6.07, 6.45) is 3.14. The second-order valence-electron chi connectivity index (χ2n) is 6.96. The molecule has 1 aliphatic carbocycles. The molecular formula is C18H26N2O. The summed E-state index contributed by atoms with van der Waals surface area (Å²) in [6.45, 7) is 9.53. The Morgan fingerprint density at radius 1 is 1.38 bits per heavy atom.